The Morgan fingerprint density at radius 1 is 1.27 bits per heavy atom. The molecule has 0 aromatic heterocycles. The van der Waals surface area contributed by atoms with Crippen LogP contribution in [0.2, 0.25) is 10.0 Å². The van der Waals surface area contributed by atoms with Gasteiger partial charge in [-0.05, 0) is 24.6 Å². The van der Waals surface area contributed by atoms with E-state index in [1.807, 2.05) is 0 Å². The van der Waals surface area contributed by atoms with Gasteiger partial charge in [0.15, 0.2) is 0 Å². The minimum Gasteiger partial charge on any atom is -0.262 e. The highest BCUT2D eigenvalue weighted by atomic mass is 35.5. The Kier molecular flexibility index (Phi) is 4.00. The lowest BCUT2D eigenvalue weighted by Gasteiger charge is -2.11. The van der Waals surface area contributed by atoms with E-state index in [-0.39, 0.29) is 0 Å². The molecule has 1 aromatic rings. The first-order chi connectivity index (χ1) is 6.79. The third kappa shape index (κ3) is 3.99. The Labute approximate surface area is 99.1 Å². The SMILES string of the molecule is CC(OS(C)(=O)=O)c1ccc(Cl)c(Cl)c1. The molecule has 0 aliphatic carbocycles. The van der Waals surface area contributed by atoms with Crippen molar-refractivity contribution in [2.75, 3.05) is 6.26 Å². The molecule has 0 N–H and O–H groups in total. The Bertz CT molecular complexity index is 456. The largest absolute Gasteiger partial charge is 0.264 e. The third-order valence-electron chi connectivity index (χ3n) is 1.73. The number of benzene rings is 1. The van der Waals surface area contributed by atoms with Gasteiger partial charge in [-0.15, -0.1) is 0 Å². The van der Waals surface area contributed by atoms with E-state index in [1.54, 1.807) is 25.1 Å². The zero-order valence-electron chi connectivity index (χ0n) is 8.20. The lowest BCUT2D eigenvalue weighted by molar-refractivity contribution is 0.237. The average Bonchev–Trinajstić information content (AvgIpc) is 2.06. The summed E-state index contributed by atoms with van der Waals surface area (Å²) in [6.07, 6.45) is 0.427. The molecule has 0 aliphatic rings. The summed E-state index contributed by atoms with van der Waals surface area (Å²) in [4.78, 5) is 0. The summed E-state index contributed by atoms with van der Waals surface area (Å²) in [5.74, 6) is 0. The van der Waals surface area contributed by atoms with Gasteiger partial charge < -0.3 is 0 Å². The van der Waals surface area contributed by atoms with E-state index in [4.69, 9.17) is 27.4 Å². The molecule has 0 radical (unpaired) electrons. The Morgan fingerprint density at radius 3 is 2.33 bits per heavy atom. The van der Waals surface area contributed by atoms with Crippen molar-refractivity contribution in [1.29, 1.82) is 0 Å². The summed E-state index contributed by atoms with van der Waals surface area (Å²) in [6.45, 7) is 1.63. The molecular weight excluding hydrogens is 259 g/mol. The van der Waals surface area contributed by atoms with Crippen LogP contribution in [0.1, 0.15) is 18.6 Å². The van der Waals surface area contributed by atoms with E-state index in [1.165, 1.54) is 0 Å². The van der Waals surface area contributed by atoms with E-state index >= 15 is 0 Å². The van der Waals surface area contributed by atoms with Crippen LogP contribution in [-0.2, 0) is 14.3 Å². The molecule has 0 amide bonds. The smallest absolute Gasteiger partial charge is 0.262 e. The standard InChI is InChI=1S/C9H10Cl2O3S/c1-6(14-15(2,12)13)7-3-4-8(10)9(11)5-7/h3-6H,1-2H3. The van der Waals surface area contributed by atoms with Gasteiger partial charge in [0.25, 0.3) is 10.1 Å². The molecule has 0 bridgehead atoms. The number of hydrogen-bond donors (Lipinski definition) is 0. The van der Waals surface area contributed by atoms with Gasteiger partial charge in [-0.25, -0.2) is 0 Å². The average molecular weight is 269 g/mol. The summed E-state index contributed by atoms with van der Waals surface area (Å²) in [5.41, 5.74) is 0.662. The lowest BCUT2D eigenvalue weighted by Crippen LogP contribution is -2.07. The molecule has 0 saturated carbocycles. The minimum absolute atomic E-state index is 0.373. The van der Waals surface area contributed by atoms with Gasteiger partial charge in [0, 0.05) is 0 Å². The fourth-order valence-corrected chi connectivity index (χ4v) is 2.03. The summed E-state index contributed by atoms with van der Waals surface area (Å²) < 4.78 is 26.6. The summed E-state index contributed by atoms with van der Waals surface area (Å²) in [6, 6.07) is 4.85. The van der Waals surface area contributed by atoms with E-state index < -0.39 is 16.2 Å². The molecule has 0 spiro atoms. The number of rotatable bonds is 3. The third-order valence-corrected chi connectivity index (χ3v) is 3.11. The Morgan fingerprint density at radius 2 is 1.87 bits per heavy atom. The molecule has 6 heteroatoms. The molecule has 0 heterocycles. The molecule has 0 fully saturated rings. The molecule has 3 nitrogen and oxygen atoms in total. The first-order valence-electron chi connectivity index (χ1n) is 4.13. The van der Waals surface area contributed by atoms with Gasteiger partial charge in [0.05, 0.1) is 22.4 Å². The van der Waals surface area contributed by atoms with Crippen molar-refractivity contribution in [1.82, 2.24) is 0 Å². The van der Waals surface area contributed by atoms with Gasteiger partial charge >= 0.3 is 0 Å². The fraction of sp³-hybridized carbons (Fsp3) is 0.333. The van der Waals surface area contributed by atoms with Gasteiger partial charge in [-0.1, -0.05) is 29.3 Å². The molecular formula is C9H10Cl2O3S. The predicted octanol–water partition coefficient (Wildman–Crippen LogP) is 3.03. The van der Waals surface area contributed by atoms with Crippen molar-refractivity contribution >= 4 is 33.3 Å². The fourth-order valence-electron chi connectivity index (χ4n) is 1.08. The normalized spacial score (nSPS) is 13.9. The van der Waals surface area contributed by atoms with E-state index in [0.717, 1.165) is 6.26 Å². The first kappa shape index (κ1) is 12.8. The Balaban J connectivity index is 2.92. The molecule has 15 heavy (non-hydrogen) atoms. The van der Waals surface area contributed by atoms with Crippen LogP contribution in [0.5, 0.6) is 0 Å². The van der Waals surface area contributed by atoms with Crippen molar-refractivity contribution < 1.29 is 12.6 Å². The molecule has 0 saturated heterocycles. The maximum absolute atomic E-state index is 10.9. The quantitative estimate of drug-likeness (QED) is 0.792. The van der Waals surface area contributed by atoms with Crippen molar-refractivity contribution in [3.05, 3.63) is 33.8 Å². The van der Waals surface area contributed by atoms with Gasteiger partial charge in [0.1, 0.15) is 0 Å². The zero-order chi connectivity index (χ0) is 11.6. The van der Waals surface area contributed by atoms with Crippen LogP contribution in [0.25, 0.3) is 0 Å². The highest BCUT2D eigenvalue weighted by Gasteiger charge is 2.13. The monoisotopic (exact) mass is 268 g/mol. The highest BCUT2D eigenvalue weighted by Crippen LogP contribution is 2.27. The summed E-state index contributed by atoms with van der Waals surface area (Å²) in [5, 5.41) is 0.796. The van der Waals surface area contributed by atoms with Crippen LogP contribution in [-0.4, -0.2) is 14.7 Å². The van der Waals surface area contributed by atoms with Crippen molar-refractivity contribution in [2.45, 2.75) is 13.0 Å². The number of hydrogen-bond acceptors (Lipinski definition) is 3. The van der Waals surface area contributed by atoms with Crippen LogP contribution in [0.3, 0.4) is 0 Å². The molecule has 1 aromatic carbocycles. The van der Waals surface area contributed by atoms with Crippen molar-refractivity contribution in [3.8, 4) is 0 Å². The molecule has 0 aliphatic heterocycles. The van der Waals surface area contributed by atoms with Gasteiger partial charge in [-0.2, -0.15) is 8.42 Å². The molecule has 1 rings (SSSR count). The second-order valence-electron chi connectivity index (χ2n) is 3.12. The van der Waals surface area contributed by atoms with Crippen molar-refractivity contribution in [3.63, 3.8) is 0 Å². The Hall–Kier alpha value is -0.290. The molecule has 1 atom stereocenters. The minimum atomic E-state index is -3.47. The topological polar surface area (TPSA) is 43.4 Å². The molecule has 84 valence electrons. The predicted molar refractivity (Wildman–Crippen MR) is 60.8 cm³/mol. The van der Waals surface area contributed by atoms with Gasteiger partial charge in [-0.3, -0.25) is 4.18 Å². The summed E-state index contributed by atoms with van der Waals surface area (Å²) in [7, 11) is -3.47. The van der Waals surface area contributed by atoms with Crippen molar-refractivity contribution in [2.24, 2.45) is 0 Å². The van der Waals surface area contributed by atoms with E-state index in [9.17, 15) is 8.42 Å². The number of halogens is 2. The maximum atomic E-state index is 10.9. The van der Waals surface area contributed by atoms with Crippen LogP contribution >= 0.6 is 23.2 Å². The van der Waals surface area contributed by atoms with E-state index in [2.05, 4.69) is 0 Å². The van der Waals surface area contributed by atoms with Gasteiger partial charge in [0.2, 0.25) is 0 Å². The maximum Gasteiger partial charge on any atom is 0.264 e. The molecule has 1 unspecified atom stereocenters. The summed E-state index contributed by atoms with van der Waals surface area (Å²) >= 11 is 11.5. The first-order valence-corrected chi connectivity index (χ1v) is 6.70. The van der Waals surface area contributed by atoms with Crippen LogP contribution in [0.4, 0.5) is 0 Å². The van der Waals surface area contributed by atoms with Crippen LogP contribution in [0, 0.1) is 0 Å². The lowest BCUT2D eigenvalue weighted by atomic mass is 10.1. The zero-order valence-corrected chi connectivity index (χ0v) is 10.5. The highest BCUT2D eigenvalue weighted by molar-refractivity contribution is 7.86. The second-order valence-corrected chi connectivity index (χ2v) is 5.53. The van der Waals surface area contributed by atoms with Crippen LogP contribution in [0.15, 0.2) is 18.2 Å². The van der Waals surface area contributed by atoms with E-state index in [0.29, 0.717) is 15.6 Å². The second kappa shape index (κ2) is 4.70. The van der Waals surface area contributed by atoms with Crippen LogP contribution < -0.4 is 0 Å².